The Balaban J connectivity index is 2.09. The lowest BCUT2D eigenvalue weighted by atomic mass is 10.4. The average molecular weight is 262 g/mol. The van der Waals surface area contributed by atoms with Gasteiger partial charge in [0.2, 0.25) is 5.91 Å². The predicted octanol–water partition coefficient (Wildman–Crippen LogP) is 1.51. The lowest BCUT2D eigenvalue weighted by Gasteiger charge is -2.09. The first-order valence-corrected chi connectivity index (χ1v) is 6.45. The highest BCUT2D eigenvalue weighted by Gasteiger charge is 2.16. The van der Waals surface area contributed by atoms with Crippen molar-refractivity contribution in [2.75, 3.05) is 6.54 Å². The SMILES string of the molecule is C=CCNC(=O)C(C)Sc1nnc2ccccn12. The minimum atomic E-state index is -0.224. The van der Waals surface area contributed by atoms with Crippen LogP contribution in [0.25, 0.3) is 5.65 Å². The summed E-state index contributed by atoms with van der Waals surface area (Å²) in [7, 11) is 0. The summed E-state index contributed by atoms with van der Waals surface area (Å²) in [6, 6.07) is 5.68. The highest BCUT2D eigenvalue weighted by atomic mass is 32.2. The van der Waals surface area contributed by atoms with Crippen LogP contribution in [-0.2, 0) is 4.79 Å². The number of hydrogen-bond donors (Lipinski definition) is 1. The highest BCUT2D eigenvalue weighted by molar-refractivity contribution is 8.00. The van der Waals surface area contributed by atoms with E-state index in [4.69, 9.17) is 0 Å². The van der Waals surface area contributed by atoms with Crippen LogP contribution in [0.1, 0.15) is 6.92 Å². The summed E-state index contributed by atoms with van der Waals surface area (Å²) < 4.78 is 1.86. The van der Waals surface area contributed by atoms with Crippen molar-refractivity contribution in [2.24, 2.45) is 0 Å². The second-order valence-electron chi connectivity index (χ2n) is 3.71. The minimum Gasteiger partial charge on any atom is -0.352 e. The zero-order valence-corrected chi connectivity index (χ0v) is 10.9. The molecule has 6 heteroatoms. The molecular formula is C12H14N4OS. The fraction of sp³-hybridized carbons (Fsp3) is 0.250. The van der Waals surface area contributed by atoms with Crippen molar-refractivity contribution in [3.8, 4) is 0 Å². The number of thioether (sulfide) groups is 1. The third-order valence-electron chi connectivity index (χ3n) is 2.35. The van der Waals surface area contributed by atoms with Crippen molar-refractivity contribution in [2.45, 2.75) is 17.3 Å². The van der Waals surface area contributed by atoms with Gasteiger partial charge >= 0.3 is 0 Å². The summed E-state index contributed by atoms with van der Waals surface area (Å²) in [4.78, 5) is 11.7. The lowest BCUT2D eigenvalue weighted by molar-refractivity contribution is -0.120. The number of amides is 1. The van der Waals surface area contributed by atoms with Crippen LogP contribution in [0.2, 0.25) is 0 Å². The summed E-state index contributed by atoms with van der Waals surface area (Å²) in [5.41, 5.74) is 0.777. The molecule has 2 aromatic rings. The number of nitrogens with zero attached hydrogens (tertiary/aromatic N) is 3. The largest absolute Gasteiger partial charge is 0.352 e. The van der Waals surface area contributed by atoms with E-state index in [9.17, 15) is 4.79 Å². The van der Waals surface area contributed by atoms with Gasteiger partial charge < -0.3 is 5.32 Å². The van der Waals surface area contributed by atoms with Crippen LogP contribution in [-0.4, -0.2) is 32.3 Å². The first kappa shape index (κ1) is 12.6. The molecule has 0 spiro atoms. The van der Waals surface area contributed by atoms with Gasteiger partial charge in [0.05, 0.1) is 5.25 Å². The quantitative estimate of drug-likeness (QED) is 0.655. The average Bonchev–Trinajstić information content (AvgIpc) is 2.79. The third kappa shape index (κ3) is 2.70. The maximum Gasteiger partial charge on any atom is 0.233 e. The second kappa shape index (κ2) is 5.68. The van der Waals surface area contributed by atoms with E-state index in [0.717, 1.165) is 5.65 Å². The molecule has 0 radical (unpaired) electrons. The van der Waals surface area contributed by atoms with Gasteiger partial charge in [-0.1, -0.05) is 23.9 Å². The van der Waals surface area contributed by atoms with E-state index in [0.29, 0.717) is 11.7 Å². The van der Waals surface area contributed by atoms with Crippen LogP contribution in [0.3, 0.4) is 0 Å². The summed E-state index contributed by atoms with van der Waals surface area (Å²) >= 11 is 1.38. The summed E-state index contributed by atoms with van der Waals surface area (Å²) in [5, 5.41) is 11.4. The Labute approximate surface area is 109 Å². The lowest BCUT2D eigenvalue weighted by Crippen LogP contribution is -2.30. The molecule has 1 amide bonds. The van der Waals surface area contributed by atoms with Crippen LogP contribution in [0, 0.1) is 0 Å². The van der Waals surface area contributed by atoms with Gasteiger partial charge in [0.25, 0.3) is 0 Å². The minimum absolute atomic E-state index is 0.0346. The van der Waals surface area contributed by atoms with Gasteiger partial charge in [0, 0.05) is 12.7 Å². The molecule has 0 aliphatic carbocycles. The first-order chi connectivity index (χ1) is 8.72. The number of carbonyl (C=O) groups excluding carboxylic acids is 1. The van der Waals surface area contributed by atoms with Gasteiger partial charge in [0.1, 0.15) is 0 Å². The summed E-state index contributed by atoms with van der Waals surface area (Å²) in [6.45, 7) is 5.88. The molecule has 2 aromatic heterocycles. The zero-order chi connectivity index (χ0) is 13.0. The summed E-state index contributed by atoms with van der Waals surface area (Å²) in [5.74, 6) is -0.0346. The molecule has 0 saturated heterocycles. The Kier molecular flexibility index (Phi) is 3.99. The molecule has 0 bridgehead atoms. The molecule has 0 aliphatic heterocycles. The maximum atomic E-state index is 11.7. The van der Waals surface area contributed by atoms with E-state index in [-0.39, 0.29) is 11.2 Å². The van der Waals surface area contributed by atoms with E-state index < -0.39 is 0 Å². The number of hydrogen-bond acceptors (Lipinski definition) is 4. The molecule has 0 fully saturated rings. The standard InChI is InChI=1S/C12H14N4OS/c1-3-7-13-11(17)9(2)18-12-15-14-10-6-4-5-8-16(10)12/h3-6,8-9H,1,7H2,2H3,(H,13,17). The molecule has 2 heterocycles. The molecule has 5 nitrogen and oxygen atoms in total. The Morgan fingerprint density at radius 2 is 2.44 bits per heavy atom. The molecule has 0 aromatic carbocycles. The number of pyridine rings is 1. The summed E-state index contributed by atoms with van der Waals surface area (Å²) in [6.07, 6.45) is 3.54. The Bertz CT molecular complexity index is 566. The smallest absolute Gasteiger partial charge is 0.233 e. The van der Waals surface area contributed by atoms with E-state index in [1.54, 1.807) is 6.08 Å². The van der Waals surface area contributed by atoms with E-state index in [2.05, 4.69) is 22.1 Å². The van der Waals surface area contributed by atoms with Gasteiger partial charge in [-0.05, 0) is 19.1 Å². The van der Waals surface area contributed by atoms with Gasteiger partial charge in [-0.3, -0.25) is 9.20 Å². The number of nitrogens with one attached hydrogen (secondary N) is 1. The molecule has 0 aliphatic rings. The molecule has 0 saturated carbocycles. The van der Waals surface area contributed by atoms with Gasteiger partial charge in [-0.2, -0.15) is 0 Å². The Morgan fingerprint density at radius 3 is 3.22 bits per heavy atom. The highest BCUT2D eigenvalue weighted by Crippen LogP contribution is 2.21. The third-order valence-corrected chi connectivity index (χ3v) is 3.41. The van der Waals surface area contributed by atoms with Crippen LogP contribution in [0.5, 0.6) is 0 Å². The molecule has 1 atom stereocenters. The van der Waals surface area contributed by atoms with Gasteiger partial charge in [-0.15, -0.1) is 16.8 Å². The van der Waals surface area contributed by atoms with E-state index in [1.165, 1.54) is 11.8 Å². The van der Waals surface area contributed by atoms with E-state index in [1.807, 2.05) is 35.7 Å². The van der Waals surface area contributed by atoms with Crippen molar-refractivity contribution in [3.63, 3.8) is 0 Å². The Morgan fingerprint density at radius 1 is 1.61 bits per heavy atom. The number of carbonyl (C=O) groups is 1. The molecule has 94 valence electrons. The van der Waals surface area contributed by atoms with Crippen LogP contribution in [0.15, 0.2) is 42.2 Å². The van der Waals surface area contributed by atoms with Crippen molar-refractivity contribution < 1.29 is 4.79 Å². The van der Waals surface area contributed by atoms with Gasteiger partial charge in [0.15, 0.2) is 10.8 Å². The zero-order valence-electron chi connectivity index (χ0n) is 10.0. The maximum absolute atomic E-state index is 11.7. The Hall–Kier alpha value is -1.82. The molecule has 2 rings (SSSR count). The fourth-order valence-corrected chi connectivity index (χ4v) is 2.29. The molecule has 18 heavy (non-hydrogen) atoms. The number of rotatable bonds is 5. The number of aromatic nitrogens is 3. The van der Waals surface area contributed by atoms with Gasteiger partial charge in [-0.25, -0.2) is 0 Å². The topological polar surface area (TPSA) is 59.3 Å². The predicted molar refractivity (Wildman–Crippen MR) is 71.5 cm³/mol. The molecular weight excluding hydrogens is 248 g/mol. The molecule has 1 N–H and O–H groups in total. The van der Waals surface area contributed by atoms with Crippen molar-refractivity contribution in [1.29, 1.82) is 0 Å². The molecule has 1 unspecified atom stereocenters. The van der Waals surface area contributed by atoms with Crippen molar-refractivity contribution >= 4 is 23.3 Å². The number of fused-ring (bicyclic) bond motifs is 1. The van der Waals surface area contributed by atoms with Crippen molar-refractivity contribution in [3.05, 3.63) is 37.1 Å². The van der Waals surface area contributed by atoms with Crippen molar-refractivity contribution in [1.82, 2.24) is 19.9 Å². The van der Waals surface area contributed by atoms with E-state index >= 15 is 0 Å². The fourth-order valence-electron chi connectivity index (χ4n) is 1.43. The first-order valence-electron chi connectivity index (χ1n) is 5.57. The van der Waals surface area contributed by atoms with Crippen LogP contribution < -0.4 is 5.32 Å². The van der Waals surface area contributed by atoms with Crippen LogP contribution in [0.4, 0.5) is 0 Å². The second-order valence-corrected chi connectivity index (χ2v) is 5.01. The monoisotopic (exact) mass is 262 g/mol. The van der Waals surface area contributed by atoms with Crippen LogP contribution >= 0.6 is 11.8 Å². The normalized spacial score (nSPS) is 12.3.